The van der Waals surface area contributed by atoms with E-state index in [2.05, 4.69) is 0 Å². The third-order valence-electron chi connectivity index (χ3n) is 3.95. The van der Waals surface area contributed by atoms with E-state index in [1.54, 1.807) is 48.5 Å². The molecule has 3 rings (SSSR count). The van der Waals surface area contributed by atoms with Gasteiger partial charge in [-0.2, -0.15) is 0 Å². The Morgan fingerprint density at radius 2 is 1.67 bits per heavy atom. The van der Waals surface area contributed by atoms with Crippen LogP contribution in [0.25, 0.3) is 5.57 Å². The lowest BCUT2D eigenvalue weighted by molar-refractivity contribution is -0.119. The summed E-state index contributed by atoms with van der Waals surface area (Å²) in [4.78, 5) is 26.8. The lowest BCUT2D eigenvalue weighted by atomic mass is 10.1. The highest BCUT2D eigenvalue weighted by Gasteiger charge is 2.40. The van der Waals surface area contributed by atoms with Gasteiger partial charge >= 0.3 is 0 Å². The molecular formula is C21H20ClNO4. The Hall–Kier alpha value is -2.79. The van der Waals surface area contributed by atoms with Gasteiger partial charge in [-0.25, -0.2) is 4.90 Å². The Bertz CT molecular complexity index is 903. The minimum absolute atomic E-state index is 0.0407. The zero-order chi connectivity index (χ0) is 19.6. The lowest BCUT2D eigenvalue weighted by Gasteiger charge is -2.18. The zero-order valence-corrected chi connectivity index (χ0v) is 16.1. The Morgan fingerprint density at radius 3 is 2.30 bits per heavy atom. The number of benzene rings is 2. The molecule has 0 N–H and O–H groups in total. The maximum absolute atomic E-state index is 13.0. The summed E-state index contributed by atoms with van der Waals surface area (Å²) in [5, 5.41) is -0.108. The van der Waals surface area contributed by atoms with Crippen molar-refractivity contribution in [2.45, 2.75) is 26.9 Å². The molecule has 0 atom stereocenters. The first kappa shape index (κ1) is 19.0. The number of para-hydroxylation sites is 2. The fraction of sp³-hybridized carbons (Fsp3) is 0.238. The van der Waals surface area contributed by atoms with Crippen molar-refractivity contribution in [2.75, 3.05) is 11.5 Å². The third-order valence-corrected chi connectivity index (χ3v) is 4.30. The summed E-state index contributed by atoms with van der Waals surface area (Å²) >= 11 is 6.25. The van der Waals surface area contributed by atoms with Crippen LogP contribution in [0.2, 0.25) is 0 Å². The van der Waals surface area contributed by atoms with Crippen molar-refractivity contribution < 1.29 is 19.1 Å². The van der Waals surface area contributed by atoms with Gasteiger partial charge in [-0.05, 0) is 50.6 Å². The summed E-state index contributed by atoms with van der Waals surface area (Å²) in [7, 11) is 0. The summed E-state index contributed by atoms with van der Waals surface area (Å²) < 4.78 is 11.2. The SMILES string of the molecule is CCOc1ccccc1N1C(=O)C(Cl)=C(c2ccc(OC(C)C)cc2)C1=O. The quantitative estimate of drug-likeness (QED) is 0.692. The first-order chi connectivity index (χ1) is 12.9. The van der Waals surface area contributed by atoms with E-state index in [0.717, 1.165) is 4.90 Å². The minimum Gasteiger partial charge on any atom is -0.492 e. The summed E-state index contributed by atoms with van der Waals surface area (Å²) in [6.45, 7) is 6.11. The topological polar surface area (TPSA) is 55.8 Å². The van der Waals surface area contributed by atoms with E-state index >= 15 is 0 Å². The number of amides is 2. The summed E-state index contributed by atoms with van der Waals surface area (Å²) in [5.74, 6) is 0.0925. The van der Waals surface area contributed by atoms with E-state index in [1.807, 2.05) is 20.8 Å². The van der Waals surface area contributed by atoms with E-state index in [4.69, 9.17) is 21.1 Å². The van der Waals surface area contributed by atoms with E-state index in [0.29, 0.717) is 29.4 Å². The van der Waals surface area contributed by atoms with Gasteiger partial charge in [0.2, 0.25) is 0 Å². The fourth-order valence-corrected chi connectivity index (χ4v) is 3.14. The van der Waals surface area contributed by atoms with Crippen molar-refractivity contribution in [3.05, 3.63) is 59.1 Å². The van der Waals surface area contributed by atoms with Gasteiger partial charge in [0.25, 0.3) is 11.8 Å². The Kier molecular flexibility index (Phi) is 5.51. The zero-order valence-electron chi connectivity index (χ0n) is 15.4. The molecular weight excluding hydrogens is 366 g/mol. The molecule has 0 saturated heterocycles. The van der Waals surface area contributed by atoms with Crippen molar-refractivity contribution in [2.24, 2.45) is 0 Å². The molecule has 140 valence electrons. The normalized spacial score (nSPS) is 14.3. The second-order valence-electron chi connectivity index (χ2n) is 6.23. The largest absolute Gasteiger partial charge is 0.492 e. The number of ether oxygens (including phenoxy) is 2. The molecule has 0 bridgehead atoms. The number of anilines is 1. The van der Waals surface area contributed by atoms with Crippen LogP contribution < -0.4 is 14.4 Å². The molecule has 1 aliphatic heterocycles. The van der Waals surface area contributed by atoms with E-state index < -0.39 is 11.8 Å². The van der Waals surface area contributed by atoms with Gasteiger partial charge in [0, 0.05) is 0 Å². The average molecular weight is 386 g/mol. The van der Waals surface area contributed by atoms with Crippen LogP contribution in [0.1, 0.15) is 26.3 Å². The van der Waals surface area contributed by atoms with Crippen LogP contribution >= 0.6 is 11.6 Å². The Balaban J connectivity index is 1.95. The highest BCUT2D eigenvalue weighted by atomic mass is 35.5. The summed E-state index contributed by atoms with van der Waals surface area (Å²) in [6.07, 6.45) is 0.0407. The average Bonchev–Trinajstić information content (AvgIpc) is 2.86. The highest BCUT2D eigenvalue weighted by molar-refractivity contribution is 6.60. The molecule has 2 aromatic rings. The predicted molar refractivity (Wildman–Crippen MR) is 105 cm³/mol. The van der Waals surface area contributed by atoms with Crippen LogP contribution in [-0.2, 0) is 9.59 Å². The lowest BCUT2D eigenvalue weighted by Crippen LogP contribution is -2.31. The molecule has 2 aromatic carbocycles. The van der Waals surface area contributed by atoms with Crippen LogP contribution in [0, 0.1) is 0 Å². The standard InChI is InChI=1S/C21H20ClNO4/c1-4-26-17-8-6-5-7-16(17)23-20(24)18(19(22)21(23)25)14-9-11-15(12-10-14)27-13(2)3/h5-13H,4H2,1-3H3. The number of nitrogens with zero attached hydrogens (tertiary/aromatic N) is 1. The smallest absolute Gasteiger partial charge is 0.277 e. The van der Waals surface area contributed by atoms with Crippen molar-refractivity contribution in [3.63, 3.8) is 0 Å². The van der Waals surface area contributed by atoms with Gasteiger partial charge in [0.15, 0.2) is 0 Å². The third kappa shape index (κ3) is 3.69. The second kappa shape index (κ2) is 7.84. The molecule has 5 nitrogen and oxygen atoms in total. The van der Waals surface area contributed by atoms with Crippen LogP contribution in [-0.4, -0.2) is 24.5 Å². The van der Waals surface area contributed by atoms with Gasteiger partial charge in [-0.3, -0.25) is 9.59 Å². The number of hydrogen-bond acceptors (Lipinski definition) is 4. The molecule has 1 heterocycles. The maximum Gasteiger partial charge on any atom is 0.277 e. The van der Waals surface area contributed by atoms with Crippen LogP contribution in [0.3, 0.4) is 0 Å². The number of imide groups is 1. The van der Waals surface area contributed by atoms with Crippen molar-refractivity contribution in [1.82, 2.24) is 0 Å². The van der Waals surface area contributed by atoms with Gasteiger partial charge in [0.05, 0.1) is 24.0 Å². The van der Waals surface area contributed by atoms with Crippen LogP contribution in [0.15, 0.2) is 53.6 Å². The van der Waals surface area contributed by atoms with Crippen molar-refractivity contribution in [1.29, 1.82) is 0 Å². The Morgan fingerprint density at radius 1 is 1.00 bits per heavy atom. The molecule has 27 heavy (non-hydrogen) atoms. The van der Waals surface area contributed by atoms with Gasteiger partial charge < -0.3 is 9.47 Å². The Labute approximate surface area is 163 Å². The second-order valence-corrected chi connectivity index (χ2v) is 6.60. The van der Waals surface area contributed by atoms with Crippen molar-refractivity contribution >= 4 is 34.7 Å². The number of halogens is 1. The van der Waals surface area contributed by atoms with Crippen LogP contribution in [0.4, 0.5) is 5.69 Å². The van der Waals surface area contributed by atoms with Crippen molar-refractivity contribution in [3.8, 4) is 11.5 Å². The summed E-state index contributed by atoms with van der Waals surface area (Å²) in [6, 6.07) is 13.8. The summed E-state index contributed by atoms with van der Waals surface area (Å²) in [5.41, 5.74) is 1.11. The molecule has 0 saturated carbocycles. The predicted octanol–water partition coefficient (Wildman–Crippen LogP) is 4.40. The number of carbonyl (C=O) groups is 2. The number of rotatable bonds is 6. The van der Waals surface area contributed by atoms with Gasteiger partial charge in [-0.1, -0.05) is 35.9 Å². The van der Waals surface area contributed by atoms with Gasteiger partial charge in [-0.15, -0.1) is 0 Å². The molecule has 0 spiro atoms. The molecule has 0 aromatic heterocycles. The monoisotopic (exact) mass is 385 g/mol. The molecule has 6 heteroatoms. The fourth-order valence-electron chi connectivity index (χ4n) is 2.86. The molecule has 0 unspecified atom stereocenters. The van der Waals surface area contributed by atoms with Crippen LogP contribution in [0.5, 0.6) is 11.5 Å². The highest BCUT2D eigenvalue weighted by Crippen LogP contribution is 2.38. The minimum atomic E-state index is -0.564. The number of hydrogen-bond donors (Lipinski definition) is 0. The van der Waals surface area contributed by atoms with Gasteiger partial charge in [0.1, 0.15) is 16.5 Å². The molecule has 0 fully saturated rings. The van der Waals surface area contributed by atoms with E-state index in [1.165, 1.54) is 0 Å². The molecule has 0 aliphatic carbocycles. The molecule has 1 aliphatic rings. The molecule has 2 amide bonds. The maximum atomic E-state index is 13.0. The van der Waals surface area contributed by atoms with E-state index in [-0.39, 0.29) is 16.7 Å². The first-order valence-electron chi connectivity index (χ1n) is 8.71. The molecule has 0 radical (unpaired) electrons. The first-order valence-corrected chi connectivity index (χ1v) is 9.09. The van der Waals surface area contributed by atoms with E-state index in [9.17, 15) is 9.59 Å². The number of carbonyl (C=O) groups excluding carboxylic acids is 2.